The molecule has 0 atom stereocenters. The van der Waals surface area contributed by atoms with Crippen LogP contribution in [0, 0.1) is 0 Å². The summed E-state index contributed by atoms with van der Waals surface area (Å²) in [7, 11) is 0. The number of carbonyl (C=O) groups is 1. The summed E-state index contributed by atoms with van der Waals surface area (Å²) in [6.45, 7) is 6.56. The molecule has 3 N–H and O–H groups in total. The van der Waals surface area contributed by atoms with Crippen LogP contribution in [0.25, 0.3) is 16.9 Å². The Kier molecular flexibility index (Phi) is 7.06. The molecule has 0 aliphatic carbocycles. The molecule has 1 amide bonds. The minimum Gasteiger partial charge on any atom is -0.395 e. The maximum atomic E-state index is 11.8. The van der Waals surface area contributed by atoms with Crippen molar-refractivity contribution < 1.29 is 9.90 Å². The number of imidazole rings is 1. The van der Waals surface area contributed by atoms with Gasteiger partial charge in [0.05, 0.1) is 18.5 Å². The lowest BCUT2D eigenvalue weighted by molar-refractivity contribution is -0.115. The van der Waals surface area contributed by atoms with Crippen molar-refractivity contribution in [2.75, 3.05) is 54.9 Å². The third kappa shape index (κ3) is 5.29. The molecule has 0 radical (unpaired) electrons. The van der Waals surface area contributed by atoms with Crippen LogP contribution in [-0.4, -0.2) is 74.8 Å². The summed E-state index contributed by atoms with van der Waals surface area (Å²) in [5, 5.41) is 15.3. The molecule has 1 fully saturated rings. The molecule has 0 spiro atoms. The van der Waals surface area contributed by atoms with Crippen LogP contribution in [-0.2, 0) is 4.79 Å². The number of β-amino-alcohol motifs (C(OH)–C–C–N with tert-alkyl or cyclic N) is 1. The van der Waals surface area contributed by atoms with E-state index in [0.29, 0.717) is 23.5 Å². The van der Waals surface area contributed by atoms with Crippen molar-refractivity contribution >= 4 is 40.1 Å². The number of amides is 1. The van der Waals surface area contributed by atoms with Gasteiger partial charge in [-0.25, -0.2) is 9.97 Å². The van der Waals surface area contributed by atoms with Gasteiger partial charge < -0.3 is 20.6 Å². The number of benzene rings is 2. The molecule has 186 valence electrons. The summed E-state index contributed by atoms with van der Waals surface area (Å²) in [6.07, 6.45) is 3.83. The highest BCUT2D eigenvalue weighted by Gasteiger charge is 2.16. The largest absolute Gasteiger partial charge is 0.395 e. The lowest BCUT2D eigenvalue weighted by Gasteiger charge is -2.35. The molecule has 2 aromatic carbocycles. The Hall–Kier alpha value is -4.02. The Morgan fingerprint density at radius 2 is 1.81 bits per heavy atom. The molecule has 10 heteroatoms. The minimum absolute atomic E-state index is 0.0357. The summed E-state index contributed by atoms with van der Waals surface area (Å²) >= 11 is 0. The molecular weight excluding hydrogens is 456 g/mol. The number of nitrogens with zero attached hydrogens (tertiary/aromatic N) is 6. The Labute approximate surface area is 209 Å². The molecule has 1 aliphatic rings. The molecule has 5 rings (SSSR count). The highest BCUT2D eigenvalue weighted by atomic mass is 16.3. The first kappa shape index (κ1) is 23.7. The van der Waals surface area contributed by atoms with E-state index >= 15 is 0 Å². The number of aromatic nitrogens is 4. The molecule has 1 aliphatic heterocycles. The first-order chi connectivity index (χ1) is 17.6. The minimum atomic E-state index is -0.0357. The van der Waals surface area contributed by atoms with Crippen molar-refractivity contribution in [3.63, 3.8) is 0 Å². The first-order valence-electron chi connectivity index (χ1n) is 12.2. The molecule has 0 saturated carbocycles. The maximum Gasteiger partial charge on any atom is 0.229 e. The lowest BCUT2D eigenvalue weighted by Crippen LogP contribution is -2.47. The fourth-order valence-electron chi connectivity index (χ4n) is 4.30. The van der Waals surface area contributed by atoms with E-state index in [0.717, 1.165) is 49.8 Å². The van der Waals surface area contributed by atoms with Crippen molar-refractivity contribution in [2.24, 2.45) is 0 Å². The van der Waals surface area contributed by atoms with Gasteiger partial charge in [-0.2, -0.15) is 4.98 Å². The summed E-state index contributed by atoms with van der Waals surface area (Å²) in [6, 6.07) is 15.8. The molecule has 1 saturated heterocycles. The van der Waals surface area contributed by atoms with Gasteiger partial charge in [0.15, 0.2) is 5.65 Å². The van der Waals surface area contributed by atoms with E-state index < -0.39 is 0 Å². The van der Waals surface area contributed by atoms with Crippen molar-refractivity contribution in [3.05, 3.63) is 61.1 Å². The zero-order valence-corrected chi connectivity index (χ0v) is 20.3. The zero-order valence-electron chi connectivity index (χ0n) is 20.3. The van der Waals surface area contributed by atoms with E-state index in [1.54, 1.807) is 12.5 Å². The topological polar surface area (TPSA) is 111 Å². The number of anilines is 4. The average Bonchev–Trinajstić information content (AvgIpc) is 3.33. The summed E-state index contributed by atoms with van der Waals surface area (Å²) < 4.78 is 1.88. The molecule has 10 nitrogen and oxygen atoms in total. The monoisotopic (exact) mass is 486 g/mol. The quantitative estimate of drug-likeness (QED) is 0.349. The van der Waals surface area contributed by atoms with Gasteiger partial charge in [-0.3, -0.25) is 14.3 Å². The van der Waals surface area contributed by atoms with Gasteiger partial charge in [0.1, 0.15) is 11.8 Å². The van der Waals surface area contributed by atoms with Gasteiger partial charge >= 0.3 is 0 Å². The summed E-state index contributed by atoms with van der Waals surface area (Å²) in [5.74, 6) is 0.441. The standard InChI is InChI=1S/C26H30N8O2/c1-2-24(36)29-20-4-3-5-22(16-20)34-18-28-23-17-27-26(31-25(23)34)30-19-6-8-21(9-7-19)33-12-10-32(11-13-33)14-15-35/h3-9,16-18,35H,2,10-15H2,1H3,(H,29,36)(H,27,30,31). The average molecular weight is 487 g/mol. The number of nitrogens with one attached hydrogen (secondary N) is 2. The van der Waals surface area contributed by atoms with Gasteiger partial charge in [-0.1, -0.05) is 13.0 Å². The van der Waals surface area contributed by atoms with E-state index in [4.69, 9.17) is 10.1 Å². The second-order valence-corrected chi connectivity index (χ2v) is 8.69. The van der Waals surface area contributed by atoms with E-state index in [1.165, 1.54) is 5.69 Å². The predicted molar refractivity (Wildman–Crippen MR) is 141 cm³/mol. The third-order valence-electron chi connectivity index (χ3n) is 6.30. The van der Waals surface area contributed by atoms with Crippen molar-refractivity contribution in [1.82, 2.24) is 24.4 Å². The van der Waals surface area contributed by atoms with E-state index in [2.05, 4.69) is 42.5 Å². The number of hydrogen-bond acceptors (Lipinski definition) is 8. The van der Waals surface area contributed by atoms with Gasteiger partial charge in [0.25, 0.3) is 0 Å². The van der Waals surface area contributed by atoms with Crippen molar-refractivity contribution in [3.8, 4) is 5.69 Å². The number of aliphatic hydroxyl groups is 1. The number of aliphatic hydroxyl groups excluding tert-OH is 1. The number of fused-ring (bicyclic) bond motifs is 1. The van der Waals surface area contributed by atoms with Crippen molar-refractivity contribution in [1.29, 1.82) is 0 Å². The van der Waals surface area contributed by atoms with Crippen LogP contribution in [0.2, 0.25) is 0 Å². The van der Waals surface area contributed by atoms with Crippen LogP contribution in [0.5, 0.6) is 0 Å². The van der Waals surface area contributed by atoms with E-state index in [1.807, 2.05) is 47.9 Å². The van der Waals surface area contributed by atoms with Crippen LogP contribution in [0.1, 0.15) is 13.3 Å². The summed E-state index contributed by atoms with van der Waals surface area (Å²) in [4.78, 5) is 30.0. The normalized spacial score (nSPS) is 14.2. The molecule has 3 heterocycles. The SMILES string of the molecule is CCC(=O)Nc1cccc(-n2cnc3cnc(Nc4ccc(N5CCN(CCO)CC5)cc4)nc32)c1. The van der Waals surface area contributed by atoms with Gasteiger partial charge in [0.2, 0.25) is 11.9 Å². The number of carbonyl (C=O) groups excluding carboxylic acids is 1. The van der Waals surface area contributed by atoms with Crippen LogP contribution in [0.4, 0.5) is 23.0 Å². The first-order valence-corrected chi connectivity index (χ1v) is 12.2. The highest BCUT2D eigenvalue weighted by Crippen LogP contribution is 2.23. The molecule has 0 bridgehead atoms. The fourth-order valence-corrected chi connectivity index (χ4v) is 4.30. The Bertz CT molecular complexity index is 1330. The van der Waals surface area contributed by atoms with Gasteiger partial charge in [0, 0.05) is 56.2 Å². The zero-order chi connectivity index (χ0) is 24.9. The van der Waals surface area contributed by atoms with Crippen LogP contribution >= 0.6 is 0 Å². The maximum absolute atomic E-state index is 11.8. The van der Waals surface area contributed by atoms with E-state index in [-0.39, 0.29) is 12.5 Å². The van der Waals surface area contributed by atoms with Gasteiger partial charge in [-0.05, 0) is 42.5 Å². The highest BCUT2D eigenvalue weighted by molar-refractivity contribution is 5.90. The van der Waals surface area contributed by atoms with Gasteiger partial charge in [-0.15, -0.1) is 0 Å². The van der Waals surface area contributed by atoms with Crippen molar-refractivity contribution in [2.45, 2.75) is 13.3 Å². The smallest absolute Gasteiger partial charge is 0.229 e. The third-order valence-corrected chi connectivity index (χ3v) is 6.30. The lowest BCUT2D eigenvalue weighted by atomic mass is 10.2. The Morgan fingerprint density at radius 3 is 2.56 bits per heavy atom. The van der Waals surface area contributed by atoms with Crippen LogP contribution < -0.4 is 15.5 Å². The Morgan fingerprint density at radius 1 is 1.00 bits per heavy atom. The second-order valence-electron chi connectivity index (χ2n) is 8.69. The Balaban J connectivity index is 1.30. The van der Waals surface area contributed by atoms with Crippen LogP contribution in [0.3, 0.4) is 0 Å². The second kappa shape index (κ2) is 10.7. The molecule has 36 heavy (non-hydrogen) atoms. The molecule has 4 aromatic rings. The van der Waals surface area contributed by atoms with E-state index in [9.17, 15) is 4.79 Å². The summed E-state index contributed by atoms with van der Waals surface area (Å²) in [5.41, 5.74) is 4.99. The predicted octanol–water partition coefficient (Wildman–Crippen LogP) is 3.02. The molecule has 2 aromatic heterocycles. The van der Waals surface area contributed by atoms with Crippen LogP contribution in [0.15, 0.2) is 61.1 Å². The number of piperazine rings is 1. The number of hydrogen-bond donors (Lipinski definition) is 3. The number of rotatable bonds is 8. The molecular formula is C26H30N8O2. The fraction of sp³-hybridized carbons (Fsp3) is 0.308. The molecule has 0 unspecified atom stereocenters.